The summed E-state index contributed by atoms with van der Waals surface area (Å²) in [6.07, 6.45) is 3.62. The molecule has 0 fully saturated rings. The van der Waals surface area contributed by atoms with Crippen molar-refractivity contribution in [1.82, 2.24) is 9.71 Å². The quantitative estimate of drug-likeness (QED) is 0.211. The predicted molar refractivity (Wildman–Crippen MR) is 145 cm³/mol. The van der Waals surface area contributed by atoms with Crippen LogP contribution in [0.5, 0.6) is 5.75 Å². The highest BCUT2D eigenvalue weighted by Crippen LogP contribution is 2.30. The van der Waals surface area contributed by atoms with Crippen LogP contribution in [0.3, 0.4) is 0 Å². The molecule has 4 rings (SSSR count). The summed E-state index contributed by atoms with van der Waals surface area (Å²) >= 11 is -1.17. The Kier molecular flexibility index (Phi) is 8.53. The molecule has 0 radical (unpaired) electrons. The molecule has 7 nitrogen and oxygen atoms in total. The fourth-order valence-corrected chi connectivity index (χ4v) is 4.51. The maximum atomic E-state index is 12.3. The van der Waals surface area contributed by atoms with Crippen molar-refractivity contribution in [2.24, 2.45) is 0 Å². The maximum absolute atomic E-state index is 12.3. The van der Waals surface area contributed by atoms with Gasteiger partial charge in [0.25, 0.3) is 0 Å². The average Bonchev–Trinajstić information content (AvgIpc) is 3.28. The van der Waals surface area contributed by atoms with Gasteiger partial charge in [0.15, 0.2) is 0 Å². The second kappa shape index (κ2) is 11.8. The summed E-state index contributed by atoms with van der Waals surface area (Å²) in [5, 5.41) is 0.950. The third-order valence-electron chi connectivity index (χ3n) is 5.74. The highest BCUT2D eigenvalue weighted by atomic mass is 32.2. The van der Waals surface area contributed by atoms with Crippen molar-refractivity contribution in [3.05, 3.63) is 83.9 Å². The summed E-state index contributed by atoms with van der Waals surface area (Å²) in [5.74, 6) is 0.355. The van der Waals surface area contributed by atoms with Crippen LogP contribution in [0, 0.1) is 0 Å². The van der Waals surface area contributed by atoms with Gasteiger partial charge in [-0.2, -0.15) is 0 Å². The first kappa shape index (κ1) is 26.7. The van der Waals surface area contributed by atoms with Gasteiger partial charge in [0.1, 0.15) is 22.7 Å². The Balaban J connectivity index is 1.51. The number of para-hydroxylation sites is 1. The Hall–Kier alpha value is -3.33. The largest absolute Gasteiger partial charge is 0.598 e. The first-order valence-electron chi connectivity index (χ1n) is 12.2. The van der Waals surface area contributed by atoms with Gasteiger partial charge in [-0.25, -0.2) is 0 Å². The van der Waals surface area contributed by atoms with Gasteiger partial charge in [-0.15, -0.1) is 4.72 Å². The van der Waals surface area contributed by atoms with E-state index in [2.05, 4.69) is 15.8 Å². The van der Waals surface area contributed by atoms with Crippen LogP contribution in [0.4, 0.5) is 0 Å². The molecule has 8 heteroatoms. The lowest BCUT2D eigenvalue weighted by Gasteiger charge is -2.23. The Bertz CT molecular complexity index is 1360. The number of aromatic nitrogens is 1. The van der Waals surface area contributed by atoms with Gasteiger partial charge < -0.3 is 18.4 Å². The lowest BCUT2D eigenvalue weighted by molar-refractivity contribution is -0.142. The van der Waals surface area contributed by atoms with E-state index in [1.54, 1.807) is 19.4 Å². The van der Waals surface area contributed by atoms with Gasteiger partial charge in [0.2, 0.25) is 0 Å². The maximum Gasteiger partial charge on any atom is 0.310 e. The Morgan fingerprint density at radius 1 is 1.08 bits per heavy atom. The molecule has 1 atom stereocenters. The molecule has 0 aliphatic heterocycles. The van der Waals surface area contributed by atoms with Gasteiger partial charge in [0, 0.05) is 34.1 Å². The standard InChI is InChI=1S/C29H32N2O5S/c1-5-34-28(32)16-22-8-6-7-9-26(22)35-18-23-19-36-27-11-10-20(15-25(23)27)21-12-13-30-24(14-21)17-31-37(33)29(2,3)4/h6-15,19,31H,5,16-18H2,1-4H3. The average molecular weight is 521 g/mol. The molecule has 194 valence electrons. The second-order valence-electron chi connectivity index (χ2n) is 9.59. The molecule has 0 saturated carbocycles. The predicted octanol–water partition coefficient (Wildman–Crippen LogP) is 5.73. The minimum Gasteiger partial charge on any atom is -0.598 e. The SMILES string of the molecule is CCOC(=O)Cc1ccccc1OCc1coc2ccc(-c3ccnc(CN[S+]([O-])C(C)(C)C)c3)cc12. The van der Waals surface area contributed by atoms with Crippen molar-refractivity contribution in [1.29, 1.82) is 0 Å². The number of ether oxygens (including phenoxy) is 2. The molecule has 1 N–H and O–H groups in total. The molecule has 0 amide bonds. The summed E-state index contributed by atoms with van der Waals surface area (Å²) in [6, 6.07) is 17.4. The van der Waals surface area contributed by atoms with Crippen molar-refractivity contribution < 1.29 is 23.2 Å². The normalized spacial score (nSPS) is 12.5. The van der Waals surface area contributed by atoms with Crippen LogP contribution in [0.1, 0.15) is 44.5 Å². The van der Waals surface area contributed by atoms with E-state index in [0.717, 1.165) is 38.9 Å². The van der Waals surface area contributed by atoms with Gasteiger partial charge in [-0.3, -0.25) is 9.78 Å². The summed E-state index contributed by atoms with van der Waals surface area (Å²) in [6.45, 7) is 8.63. The molecule has 2 aromatic carbocycles. The Labute approximate surface area is 220 Å². The number of pyridine rings is 1. The molecule has 2 aromatic heterocycles. The summed E-state index contributed by atoms with van der Waals surface area (Å²) < 4.78 is 32.0. The van der Waals surface area contributed by atoms with E-state index in [-0.39, 0.29) is 17.1 Å². The summed E-state index contributed by atoms with van der Waals surface area (Å²) in [5.41, 5.74) is 5.27. The first-order valence-corrected chi connectivity index (χ1v) is 13.4. The monoisotopic (exact) mass is 520 g/mol. The van der Waals surface area contributed by atoms with Gasteiger partial charge in [0.05, 0.1) is 31.5 Å². The number of nitrogens with one attached hydrogen (secondary N) is 1. The van der Waals surface area contributed by atoms with Crippen LogP contribution in [0.15, 0.2) is 71.5 Å². The van der Waals surface area contributed by atoms with Crippen LogP contribution in [-0.2, 0) is 40.5 Å². The number of carbonyl (C=O) groups is 1. The van der Waals surface area contributed by atoms with Crippen LogP contribution >= 0.6 is 0 Å². The van der Waals surface area contributed by atoms with E-state index in [1.165, 1.54) is 0 Å². The Morgan fingerprint density at radius 2 is 1.86 bits per heavy atom. The van der Waals surface area contributed by atoms with Gasteiger partial charge in [-0.05, 0) is 69.2 Å². The number of benzene rings is 2. The van der Waals surface area contributed by atoms with E-state index in [1.807, 2.05) is 69.3 Å². The molecule has 0 bridgehead atoms. The van der Waals surface area contributed by atoms with E-state index >= 15 is 0 Å². The van der Waals surface area contributed by atoms with Crippen molar-refractivity contribution in [2.45, 2.75) is 52.0 Å². The third-order valence-corrected chi connectivity index (χ3v) is 7.26. The number of esters is 1. The zero-order chi connectivity index (χ0) is 26.4. The molecule has 4 aromatic rings. The third kappa shape index (κ3) is 6.91. The molecule has 2 heterocycles. The molecular formula is C29H32N2O5S. The van der Waals surface area contributed by atoms with Crippen molar-refractivity contribution in [3.8, 4) is 16.9 Å². The number of furan rings is 1. The highest BCUT2D eigenvalue weighted by Gasteiger charge is 2.26. The van der Waals surface area contributed by atoms with Gasteiger partial charge >= 0.3 is 5.97 Å². The summed E-state index contributed by atoms with van der Waals surface area (Å²) in [7, 11) is 0. The van der Waals surface area contributed by atoms with E-state index in [0.29, 0.717) is 25.5 Å². The topological polar surface area (TPSA) is 96.7 Å². The molecule has 37 heavy (non-hydrogen) atoms. The molecule has 0 aliphatic rings. The highest BCUT2D eigenvalue weighted by molar-refractivity contribution is 7.90. The van der Waals surface area contributed by atoms with Crippen LogP contribution in [0.25, 0.3) is 22.1 Å². The molecule has 1 unspecified atom stereocenters. The fraction of sp³-hybridized carbons (Fsp3) is 0.310. The minimum absolute atomic E-state index is 0.156. The zero-order valence-corrected chi connectivity index (χ0v) is 22.4. The van der Waals surface area contributed by atoms with Crippen molar-refractivity contribution in [3.63, 3.8) is 0 Å². The summed E-state index contributed by atoms with van der Waals surface area (Å²) in [4.78, 5) is 16.4. The zero-order valence-electron chi connectivity index (χ0n) is 21.6. The Morgan fingerprint density at radius 3 is 2.65 bits per heavy atom. The van der Waals surface area contributed by atoms with Gasteiger partial charge in [-0.1, -0.05) is 24.3 Å². The van der Waals surface area contributed by atoms with Crippen molar-refractivity contribution >= 4 is 28.3 Å². The number of carbonyl (C=O) groups excluding carboxylic acids is 1. The second-order valence-corrected chi connectivity index (χ2v) is 11.6. The number of hydrogen-bond acceptors (Lipinski definition) is 7. The van der Waals surface area contributed by atoms with E-state index < -0.39 is 11.4 Å². The molecule has 0 spiro atoms. The number of nitrogens with zero attached hydrogens (tertiary/aromatic N) is 1. The number of hydrogen-bond donors (Lipinski definition) is 1. The van der Waals surface area contributed by atoms with Crippen LogP contribution in [-0.4, -0.2) is 26.9 Å². The smallest absolute Gasteiger partial charge is 0.310 e. The number of rotatable bonds is 10. The molecule has 0 saturated heterocycles. The lowest BCUT2D eigenvalue weighted by Crippen LogP contribution is -2.39. The first-order chi connectivity index (χ1) is 17.7. The number of fused-ring (bicyclic) bond motifs is 1. The molecule has 0 aliphatic carbocycles. The van der Waals surface area contributed by atoms with Crippen LogP contribution in [0.2, 0.25) is 0 Å². The van der Waals surface area contributed by atoms with Crippen LogP contribution < -0.4 is 9.46 Å². The van der Waals surface area contributed by atoms with E-state index in [4.69, 9.17) is 13.9 Å². The van der Waals surface area contributed by atoms with E-state index in [9.17, 15) is 9.35 Å². The lowest BCUT2D eigenvalue weighted by atomic mass is 10.0. The molecular weight excluding hydrogens is 488 g/mol. The fourth-order valence-electron chi connectivity index (χ4n) is 3.80. The van der Waals surface area contributed by atoms with Crippen molar-refractivity contribution in [2.75, 3.05) is 6.61 Å². The minimum atomic E-state index is -1.17.